The molecule has 0 bridgehead atoms. The summed E-state index contributed by atoms with van der Waals surface area (Å²) < 4.78 is 10.3. The highest BCUT2D eigenvalue weighted by atomic mass is 16.5. The van der Waals surface area contributed by atoms with Crippen LogP contribution in [0.4, 0.5) is 0 Å². The standard InChI is InChI=1S/C15H18O4/c1-18-13-8-7-10(9-14(13)19-2)15(17)11-5-3-4-6-12(11)16/h7-9,11H,3-6H2,1-2H3. The third kappa shape index (κ3) is 2.78. The Bertz CT molecular complexity index is 493. The van der Waals surface area contributed by atoms with Gasteiger partial charge in [-0.05, 0) is 31.0 Å². The number of carbonyl (C=O) groups excluding carboxylic acids is 2. The maximum atomic E-state index is 12.4. The molecule has 2 rings (SSSR count). The monoisotopic (exact) mass is 262 g/mol. The third-order valence-corrected chi connectivity index (χ3v) is 3.54. The number of methoxy groups -OCH3 is 2. The van der Waals surface area contributed by atoms with Gasteiger partial charge in [0.1, 0.15) is 5.78 Å². The van der Waals surface area contributed by atoms with Crippen LogP contribution in [0.1, 0.15) is 36.0 Å². The minimum atomic E-state index is -0.480. The molecule has 1 aromatic carbocycles. The molecule has 102 valence electrons. The summed E-state index contributed by atoms with van der Waals surface area (Å²) in [7, 11) is 3.07. The number of hydrogen-bond acceptors (Lipinski definition) is 4. The van der Waals surface area contributed by atoms with Gasteiger partial charge in [0.2, 0.25) is 0 Å². The first kappa shape index (κ1) is 13.6. The fraction of sp³-hybridized carbons (Fsp3) is 0.467. The second-order valence-electron chi connectivity index (χ2n) is 4.70. The van der Waals surface area contributed by atoms with E-state index in [2.05, 4.69) is 0 Å². The molecule has 1 aromatic rings. The van der Waals surface area contributed by atoms with Crippen LogP contribution in [0, 0.1) is 5.92 Å². The average molecular weight is 262 g/mol. The van der Waals surface area contributed by atoms with E-state index in [4.69, 9.17) is 9.47 Å². The highest BCUT2D eigenvalue weighted by Crippen LogP contribution is 2.30. The molecule has 0 heterocycles. The molecule has 1 atom stereocenters. The van der Waals surface area contributed by atoms with Crippen molar-refractivity contribution in [3.63, 3.8) is 0 Å². The summed E-state index contributed by atoms with van der Waals surface area (Å²) in [5.74, 6) is 0.564. The predicted octanol–water partition coefficient (Wildman–Crippen LogP) is 2.65. The molecule has 1 aliphatic carbocycles. The average Bonchev–Trinajstić information content (AvgIpc) is 2.46. The molecule has 1 aliphatic rings. The van der Waals surface area contributed by atoms with Gasteiger partial charge >= 0.3 is 0 Å². The molecule has 0 saturated heterocycles. The summed E-state index contributed by atoms with van der Waals surface area (Å²) in [5, 5.41) is 0. The lowest BCUT2D eigenvalue weighted by atomic mass is 9.83. The van der Waals surface area contributed by atoms with Crippen molar-refractivity contribution >= 4 is 11.6 Å². The van der Waals surface area contributed by atoms with E-state index < -0.39 is 5.92 Å². The minimum Gasteiger partial charge on any atom is -0.493 e. The van der Waals surface area contributed by atoms with Crippen molar-refractivity contribution in [2.24, 2.45) is 5.92 Å². The van der Waals surface area contributed by atoms with Crippen molar-refractivity contribution in [2.45, 2.75) is 25.7 Å². The number of hydrogen-bond donors (Lipinski definition) is 0. The number of ketones is 2. The van der Waals surface area contributed by atoms with Crippen molar-refractivity contribution in [1.29, 1.82) is 0 Å². The maximum Gasteiger partial charge on any atom is 0.173 e. The Balaban J connectivity index is 2.25. The lowest BCUT2D eigenvalue weighted by molar-refractivity contribution is -0.122. The van der Waals surface area contributed by atoms with Crippen LogP contribution in [0.15, 0.2) is 18.2 Å². The van der Waals surface area contributed by atoms with Crippen molar-refractivity contribution in [3.8, 4) is 11.5 Å². The van der Waals surface area contributed by atoms with Crippen LogP contribution in [-0.4, -0.2) is 25.8 Å². The highest BCUT2D eigenvalue weighted by Gasteiger charge is 2.29. The molecule has 1 unspecified atom stereocenters. The molecule has 4 nitrogen and oxygen atoms in total. The van der Waals surface area contributed by atoms with Gasteiger partial charge in [-0.1, -0.05) is 6.42 Å². The zero-order chi connectivity index (χ0) is 13.8. The zero-order valence-corrected chi connectivity index (χ0v) is 11.3. The van der Waals surface area contributed by atoms with E-state index in [0.29, 0.717) is 29.9 Å². The quantitative estimate of drug-likeness (QED) is 0.618. The molecule has 0 amide bonds. The second kappa shape index (κ2) is 5.87. The zero-order valence-electron chi connectivity index (χ0n) is 11.3. The first-order chi connectivity index (χ1) is 9.17. The Morgan fingerprint density at radius 3 is 2.53 bits per heavy atom. The predicted molar refractivity (Wildman–Crippen MR) is 70.8 cm³/mol. The highest BCUT2D eigenvalue weighted by molar-refractivity contribution is 6.11. The van der Waals surface area contributed by atoms with Gasteiger partial charge in [-0.15, -0.1) is 0 Å². The number of benzene rings is 1. The fourth-order valence-electron chi connectivity index (χ4n) is 2.45. The number of rotatable bonds is 4. The van der Waals surface area contributed by atoms with E-state index in [1.54, 1.807) is 25.3 Å². The largest absolute Gasteiger partial charge is 0.493 e. The molecule has 1 saturated carbocycles. The molecule has 0 spiro atoms. The smallest absolute Gasteiger partial charge is 0.173 e. The van der Waals surface area contributed by atoms with Gasteiger partial charge in [-0.3, -0.25) is 9.59 Å². The van der Waals surface area contributed by atoms with Gasteiger partial charge < -0.3 is 9.47 Å². The summed E-state index contributed by atoms with van der Waals surface area (Å²) >= 11 is 0. The lowest BCUT2D eigenvalue weighted by Gasteiger charge is -2.19. The maximum absolute atomic E-state index is 12.4. The summed E-state index contributed by atoms with van der Waals surface area (Å²) in [6.45, 7) is 0. The molecular formula is C15H18O4. The summed E-state index contributed by atoms with van der Waals surface area (Å²) in [4.78, 5) is 24.2. The van der Waals surface area contributed by atoms with Crippen LogP contribution < -0.4 is 9.47 Å². The molecular weight excluding hydrogens is 244 g/mol. The van der Waals surface area contributed by atoms with Crippen molar-refractivity contribution in [1.82, 2.24) is 0 Å². The molecule has 1 fully saturated rings. The third-order valence-electron chi connectivity index (χ3n) is 3.54. The van der Waals surface area contributed by atoms with Crippen molar-refractivity contribution in [2.75, 3.05) is 14.2 Å². The van der Waals surface area contributed by atoms with Crippen LogP contribution >= 0.6 is 0 Å². The molecule has 0 N–H and O–H groups in total. The van der Waals surface area contributed by atoms with Gasteiger partial charge in [0.05, 0.1) is 20.1 Å². The van der Waals surface area contributed by atoms with E-state index in [9.17, 15) is 9.59 Å². The number of ether oxygens (including phenoxy) is 2. The van der Waals surface area contributed by atoms with E-state index in [1.807, 2.05) is 0 Å². The number of carbonyl (C=O) groups is 2. The molecule has 0 aliphatic heterocycles. The van der Waals surface area contributed by atoms with Gasteiger partial charge in [0, 0.05) is 12.0 Å². The van der Waals surface area contributed by atoms with Gasteiger partial charge in [-0.2, -0.15) is 0 Å². The van der Waals surface area contributed by atoms with Gasteiger partial charge in [-0.25, -0.2) is 0 Å². The van der Waals surface area contributed by atoms with Crippen LogP contribution in [0.25, 0.3) is 0 Å². The van der Waals surface area contributed by atoms with Crippen LogP contribution in [0.5, 0.6) is 11.5 Å². The van der Waals surface area contributed by atoms with Crippen LogP contribution in [-0.2, 0) is 4.79 Å². The number of Topliss-reactive ketones (excluding diaryl/α,β-unsaturated/α-hetero) is 2. The van der Waals surface area contributed by atoms with E-state index in [-0.39, 0.29) is 11.6 Å². The Hall–Kier alpha value is -1.84. The first-order valence-electron chi connectivity index (χ1n) is 6.46. The Labute approximate surface area is 112 Å². The van der Waals surface area contributed by atoms with Gasteiger partial charge in [0.15, 0.2) is 17.3 Å². The van der Waals surface area contributed by atoms with Crippen molar-refractivity contribution < 1.29 is 19.1 Å². The summed E-state index contributed by atoms with van der Waals surface area (Å²) in [6.07, 6.45) is 3.01. The van der Waals surface area contributed by atoms with E-state index in [1.165, 1.54) is 7.11 Å². The Morgan fingerprint density at radius 2 is 1.89 bits per heavy atom. The van der Waals surface area contributed by atoms with Gasteiger partial charge in [0.25, 0.3) is 0 Å². The van der Waals surface area contributed by atoms with E-state index in [0.717, 1.165) is 12.8 Å². The second-order valence-corrected chi connectivity index (χ2v) is 4.70. The van der Waals surface area contributed by atoms with Crippen LogP contribution in [0.3, 0.4) is 0 Å². The molecule has 19 heavy (non-hydrogen) atoms. The topological polar surface area (TPSA) is 52.6 Å². The van der Waals surface area contributed by atoms with Crippen LogP contribution in [0.2, 0.25) is 0 Å². The van der Waals surface area contributed by atoms with E-state index >= 15 is 0 Å². The summed E-state index contributed by atoms with van der Waals surface area (Å²) in [6, 6.07) is 5.02. The Kier molecular flexibility index (Phi) is 4.20. The SMILES string of the molecule is COc1ccc(C(=O)C2CCCCC2=O)cc1OC. The minimum absolute atomic E-state index is 0.0611. The van der Waals surface area contributed by atoms with Crippen molar-refractivity contribution in [3.05, 3.63) is 23.8 Å². The fourth-order valence-corrected chi connectivity index (χ4v) is 2.45. The molecule has 0 radical (unpaired) electrons. The molecule has 0 aromatic heterocycles. The molecule has 4 heteroatoms. The first-order valence-corrected chi connectivity index (χ1v) is 6.46. The lowest BCUT2D eigenvalue weighted by Crippen LogP contribution is -2.27. The summed E-state index contributed by atoms with van der Waals surface area (Å²) in [5.41, 5.74) is 0.512. The normalized spacial score (nSPS) is 19.1. The Morgan fingerprint density at radius 1 is 1.16 bits per heavy atom.